The van der Waals surface area contributed by atoms with E-state index in [4.69, 9.17) is 24.1 Å². The molecular formula is C63H56F10N10O12. The normalized spacial score (nSPS) is 16.7. The molecule has 95 heavy (non-hydrogen) atoms. The fraction of sp³-hybridized carbons (Fsp3) is 0.333. The molecule has 1 saturated heterocycles. The lowest BCUT2D eigenvalue weighted by atomic mass is 9.98. The number of benzene rings is 4. The summed E-state index contributed by atoms with van der Waals surface area (Å²) < 4.78 is 159. The lowest BCUT2D eigenvalue weighted by Gasteiger charge is -2.18. The molecule has 6 N–H and O–H groups in total. The Kier molecular flexibility index (Phi) is 19.5. The standard InChI is InChI=1S/C33H30F5N5O6.C30H26F5N5O6/c1-16-19-7-9-25(21(19)6-5-20(16)31(46)47-14-18-15-48-32(2,3)49-18)42-30(45)27-11-26(41-28-24(35)13-40-43(27)28)29(44)39-12-17-4-8-23(34)22(10-17)33(36,37)38;1-14-17-5-7-23(19(17)4-3-18(14)29(45)46-13-16(42)12-41)39-28(44)25-9-24(38-26-22(32)11-37-40(25)26)27(43)36-10-15-2-6-21(31)20(8-15)30(33,34)35/h4-6,8,10-11,13,18,25H,7,9,12,14-15H2,1-3H3,(H,39,44)(H,42,45);2-4,6,8-9,11,16,23,41-42H,5,7,10,12-13H2,1H3,(H,36,43)(H,39,44)/t18?,25-;16?,23-/m00/s1. The molecule has 32 heteroatoms. The van der Waals surface area contributed by atoms with Crippen LogP contribution in [0.1, 0.15) is 157 Å². The van der Waals surface area contributed by atoms with E-state index in [0.717, 1.165) is 62.4 Å². The zero-order chi connectivity index (χ0) is 68.6. The van der Waals surface area contributed by atoms with Crippen LogP contribution in [-0.4, -0.2) is 119 Å². The minimum Gasteiger partial charge on any atom is -0.459 e. The Morgan fingerprint density at radius 2 is 1.07 bits per heavy atom. The first kappa shape index (κ1) is 68.0. The monoisotopic (exact) mass is 1330 g/mol. The second-order valence-electron chi connectivity index (χ2n) is 22.7. The molecule has 1 fully saturated rings. The molecule has 0 bridgehead atoms. The van der Waals surface area contributed by atoms with Gasteiger partial charge in [-0.25, -0.2) is 46.1 Å². The third-order valence-corrected chi connectivity index (χ3v) is 15.9. The van der Waals surface area contributed by atoms with Crippen LogP contribution < -0.4 is 21.3 Å². The summed E-state index contributed by atoms with van der Waals surface area (Å²) in [7, 11) is 0. The first-order valence-corrected chi connectivity index (χ1v) is 29.1. The first-order chi connectivity index (χ1) is 44.9. The average molecular weight is 1340 g/mol. The van der Waals surface area contributed by atoms with Gasteiger partial charge in [0.1, 0.15) is 59.8 Å². The fourth-order valence-electron chi connectivity index (χ4n) is 11.1. The minimum absolute atomic E-state index is 0.0249. The van der Waals surface area contributed by atoms with Gasteiger partial charge in [0, 0.05) is 25.2 Å². The molecule has 5 heterocycles. The van der Waals surface area contributed by atoms with Crippen LogP contribution in [0.15, 0.2) is 85.2 Å². The third kappa shape index (κ3) is 14.9. The molecule has 11 rings (SSSR count). The molecule has 3 aliphatic rings. The quantitative estimate of drug-likeness (QED) is 0.0370. The lowest BCUT2D eigenvalue weighted by Crippen LogP contribution is -2.31. The number of aromatic nitrogens is 6. The Balaban J connectivity index is 0.000000207. The molecule has 22 nitrogen and oxygen atoms in total. The Bertz CT molecular complexity index is 4370. The van der Waals surface area contributed by atoms with Crippen LogP contribution >= 0.6 is 0 Å². The number of aliphatic hydroxyl groups excluding tert-OH is 2. The molecule has 4 amide bonds. The van der Waals surface area contributed by atoms with Gasteiger partial charge in [-0.05, 0) is 134 Å². The molecule has 2 aliphatic carbocycles. The van der Waals surface area contributed by atoms with E-state index in [1.54, 1.807) is 45.9 Å². The molecule has 2 unspecified atom stereocenters. The highest BCUT2D eigenvalue weighted by Crippen LogP contribution is 2.38. The second kappa shape index (κ2) is 27.2. The SMILES string of the molecule is Cc1c(C(=O)OCC(O)CO)ccc2c1CC[C@@H]2NC(=O)c1cc(C(=O)NCc2ccc(F)c(C(F)(F)F)c2)nc2c(F)cnn12.Cc1c(C(=O)OCC2COC(C)(C)O2)ccc2c1CC[C@@H]2NC(=O)c1cc(C(=O)NCc2ccc(F)c(C(F)(F)F)c2)nc2c(F)cnn12. The minimum atomic E-state index is -4.95. The maximum atomic E-state index is 14.6. The van der Waals surface area contributed by atoms with Crippen LogP contribution in [-0.2, 0) is 57.2 Å². The number of fused-ring (bicyclic) bond motifs is 4. The summed E-state index contributed by atoms with van der Waals surface area (Å²) in [6.45, 7) is 5.53. The number of esters is 2. The van der Waals surface area contributed by atoms with Crippen LogP contribution in [0.2, 0.25) is 0 Å². The van der Waals surface area contributed by atoms with Crippen LogP contribution in [0, 0.1) is 37.1 Å². The van der Waals surface area contributed by atoms with Gasteiger partial charge in [0.05, 0.1) is 59.9 Å². The number of halogens is 10. The Morgan fingerprint density at radius 1 is 0.632 bits per heavy atom. The molecule has 0 spiro atoms. The molecule has 500 valence electrons. The number of carbonyl (C=O) groups excluding carboxylic acids is 6. The van der Waals surface area contributed by atoms with Crippen molar-refractivity contribution in [3.8, 4) is 0 Å². The number of alkyl halides is 6. The van der Waals surface area contributed by atoms with Gasteiger partial charge in [0.2, 0.25) is 0 Å². The van der Waals surface area contributed by atoms with Crippen molar-refractivity contribution in [1.29, 1.82) is 0 Å². The van der Waals surface area contributed by atoms with Crippen LogP contribution in [0.5, 0.6) is 0 Å². The smallest absolute Gasteiger partial charge is 0.419 e. The molecule has 4 atom stereocenters. The van der Waals surface area contributed by atoms with E-state index < -0.39 is 149 Å². The summed E-state index contributed by atoms with van der Waals surface area (Å²) >= 11 is 0. The summed E-state index contributed by atoms with van der Waals surface area (Å²) in [4.78, 5) is 86.3. The molecule has 1 aliphatic heterocycles. The van der Waals surface area contributed by atoms with E-state index in [-0.39, 0.29) is 47.4 Å². The largest absolute Gasteiger partial charge is 0.459 e. The topological polar surface area (TPSA) is 288 Å². The van der Waals surface area contributed by atoms with E-state index in [1.807, 2.05) is 0 Å². The summed E-state index contributed by atoms with van der Waals surface area (Å²) in [5.74, 6) is -10.1. The van der Waals surface area contributed by atoms with Gasteiger partial charge in [-0.1, -0.05) is 24.3 Å². The van der Waals surface area contributed by atoms with Crippen molar-refractivity contribution in [3.05, 3.63) is 198 Å². The number of aliphatic hydroxyl groups is 2. The zero-order valence-electron chi connectivity index (χ0n) is 50.4. The van der Waals surface area contributed by atoms with Gasteiger partial charge < -0.3 is 50.4 Å². The Morgan fingerprint density at radius 3 is 1.48 bits per heavy atom. The average Bonchev–Trinajstić information content (AvgIpc) is 1.68. The van der Waals surface area contributed by atoms with Gasteiger partial charge in [-0.15, -0.1) is 0 Å². The van der Waals surface area contributed by atoms with E-state index in [1.165, 1.54) is 6.07 Å². The fourth-order valence-corrected chi connectivity index (χ4v) is 11.1. The van der Waals surface area contributed by atoms with Crippen molar-refractivity contribution in [2.45, 2.75) is 109 Å². The number of ether oxygens (including phenoxy) is 4. The zero-order valence-corrected chi connectivity index (χ0v) is 50.4. The highest BCUT2D eigenvalue weighted by molar-refractivity contribution is 6.00. The maximum Gasteiger partial charge on any atom is 0.419 e. The summed E-state index contributed by atoms with van der Waals surface area (Å²) in [5.41, 5.74) is -0.225. The van der Waals surface area contributed by atoms with E-state index in [9.17, 15) is 77.8 Å². The van der Waals surface area contributed by atoms with Crippen LogP contribution in [0.3, 0.4) is 0 Å². The van der Waals surface area contributed by atoms with Crippen LogP contribution in [0.25, 0.3) is 11.3 Å². The maximum absolute atomic E-state index is 14.6. The molecule has 4 aromatic carbocycles. The Hall–Kier alpha value is -9.92. The molecule has 0 saturated carbocycles. The summed E-state index contributed by atoms with van der Waals surface area (Å²) in [6.07, 6.45) is -7.92. The molecular weight excluding hydrogens is 1280 g/mol. The van der Waals surface area contributed by atoms with E-state index >= 15 is 0 Å². The number of hydrogen-bond acceptors (Lipinski definition) is 16. The third-order valence-electron chi connectivity index (χ3n) is 15.9. The van der Waals surface area contributed by atoms with Crippen molar-refractivity contribution in [2.75, 3.05) is 26.4 Å². The van der Waals surface area contributed by atoms with Crippen molar-refractivity contribution in [1.82, 2.24) is 50.5 Å². The van der Waals surface area contributed by atoms with Gasteiger partial charge >= 0.3 is 24.3 Å². The Labute approximate surface area is 530 Å². The number of rotatable bonds is 17. The number of carbonyl (C=O) groups is 6. The van der Waals surface area contributed by atoms with Crippen molar-refractivity contribution < 1.29 is 102 Å². The van der Waals surface area contributed by atoms with Gasteiger partial charge in [0.15, 0.2) is 28.7 Å². The van der Waals surface area contributed by atoms with E-state index in [2.05, 4.69) is 41.4 Å². The lowest BCUT2D eigenvalue weighted by molar-refractivity contribution is -0.143. The van der Waals surface area contributed by atoms with Gasteiger partial charge in [-0.2, -0.15) is 36.5 Å². The second-order valence-corrected chi connectivity index (χ2v) is 22.7. The molecule has 8 aromatic rings. The van der Waals surface area contributed by atoms with Crippen LogP contribution in [0.4, 0.5) is 43.9 Å². The predicted octanol–water partition coefficient (Wildman–Crippen LogP) is 8.18. The number of nitrogens with zero attached hydrogens (tertiary/aromatic N) is 6. The summed E-state index contributed by atoms with van der Waals surface area (Å²) in [6, 6.07) is 12.1. The highest BCUT2D eigenvalue weighted by Gasteiger charge is 2.38. The predicted molar refractivity (Wildman–Crippen MR) is 309 cm³/mol. The van der Waals surface area contributed by atoms with Gasteiger partial charge in [0.25, 0.3) is 23.6 Å². The first-order valence-electron chi connectivity index (χ1n) is 29.1. The molecule has 4 aromatic heterocycles. The van der Waals surface area contributed by atoms with Crippen molar-refractivity contribution in [3.63, 3.8) is 0 Å². The van der Waals surface area contributed by atoms with Gasteiger partial charge in [-0.3, -0.25) is 19.2 Å². The number of hydrogen-bond donors (Lipinski definition) is 6. The summed E-state index contributed by atoms with van der Waals surface area (Å²) in [5, 5.41) is 36.5. The van der Waals surface area contributed by atoms with Crippen molar-refractivity contribution in [2.24, 2.45) is 0 Å². The molecule has 0 radical (unpaired) electrons. The highest BCUT2D eigenvalue weighted by atomic mass is 19.4. The van der Waals surface area contributed by atoms with E-state index in [0.29, 0.717) is 78.8 Å². The number of amides is 4. The van der Waals surface area contributed by atoms with Crippen molar-refractivity contribution >= 4 is 46.9 Å². The number of nitrogens with one attached hydrogen (secondary N) is 4.